The Morgan fingerprint density at radius 3 is 2.46 bits per heavy atom. The first-order chi connectivity index (χ1) is 19.9. The number of hydrogen-bond donors (Lipinski definition) is 3. The number of ketones is 1. The molecule has 0 spiro atoms. The highest BCUT2D eigenvalue weighted by molar-refractivity contribution is 7.26. The summed E-state index contributed by atoms with van der Waals surface area (Å²) in [5.41, 5.74) is 8.11. The van der Waals surface area contributed by atoms with Gasteiger partial charge in [0.1, 0.15) is 0 Å². The van der Waals surface area contributed by atoms with Gasteiger partial charge in [-0.05, 0) is 47.9 Å². The van der Waals surface area contributed by atoms with Crippen molar-refractivity contribution < 1.29 is 14.4 Å². The minimum absolute atomic E-state index is 0.0309. The maximum atomic E-state index is 13.3. The molecule has 8 nitrogen and oxygen atoms in total. The largest absolute Gasteiger partial charge is 0.378 e. The van der Waals surface area contributed by atoms with Crippen LogP contribution in [0.1, 0.15) is 26.5 Å². The molecule has 6 rings (SSSR count). The summed E-state index contributed by atoms with van der Waals surface area (Å²) in [5, 5.41) is 7.25. The van der Waals surface area contributed by atoms with Gasteiger partial charge in [0.15, 0.2) is 5.78 Å². The second-order valence-electron chi connectivity index (χ2n) is 9.42. The van der Waals surface area contributed by atoms with Gasteiger partial charge >= 0.3 is 0 Å². The number of benzene rings is 3. The number of thiophene rings is 2. The maximum absolute atomic E-state index is 13.3. The molecule has 0 aliphatic heterocycles. The lowest BCUT2D eigenvalue weighted by Crippen LogP contribution is -2.18. The van der Waals surface area contributed by atoms with E-state index in [0.29, 0.717) is 27.6 Å². The molecule has 10 heteroatoms. The molecule has 0 aliphatic rings. The van der Waals surface area contributed by atoms with Crippen molar-refractivity contribution in [3.05, 3.63) is 101 Å². The quantitative estimate of drug-likeness (QED) is 0.162. The summed E-state index contributed by atoms with van der Waals surface area (Å²) in [4.78, 5) is 44.7. The van der Waals surface area contributed by atoms with Crippen molar-refractivity contribution in [2.45, 2.75) is 13.0 Å². The zero-order valence-corrected chi connectivity index (χ0v) is 23.4. The highest BCUT2D eigenvalue weighted by atomic mass is 32.1. The first-order valence-corrected chi connectivity index (χ1v) is 14.6. The van der Waals surface area contributed by atoms with E-state index in [-0.39, 0.29) is 31.2 Å². The molecular weight excluding hydrogens is 555 g/mol. The zero-order valence-electron chi connectivity index (χ0n) is 21.8. The Bertz CT molecular complexity index is 1870. The summed E-state index contributed by atoms with van der Waals surface area (Å²) in [6.45, 7) is 0.389. The molecule has 3 heterocycles. The van der Waals surface area contributed by atoms with Crippen LogP contribution < -0.4 is 16.4 Å². The smallest absolute Gasteiger partial charge is 0.268 e. The van der Waals surface area contributed by atoms with Crippen molar-refractivity contribution >= 4 is 73.0 Å². The van der Waals surface area contributed by atoms with E-state index in [1.807, 2.05) is 60.7 Å². The number of primary amides is 1. The first kappa shape index (κ1) is 26.4. The molecule has 6 aromatic rings. The minimum atomic E-state index is -0.451. The summed E-state index contributed by atoms with van der Waals surface area (Å²) in [6.07, 6.45) is 0.0923. The molecule has 0 bridgehead atoms. The van der Waals surface area contributed by atoms with Crippen LogP contribution in [-0.2, 0) is 11.3 Å². The van der Waals surface area contributed by atoms with E-state index < -0.39 is 5.91 Å². The third kappa shape index (κ3) is 5.74. The predicted octanol–water partition coefficient (Wildman–Crippen LogP) is 6.40. The van der Waals surface area contributed by atoms with Crippen molar-refractivity contribution in [3.8, 4) is 9.75 Å². The number of hydrogen-bond acceptors (Lipinski definition) is 7. The Morgan fingerprint density at radius 1 is 0.854 bits per heavy atom. The van der Waals surface area contributed by atoms with Crippen LogP contribution in [0.25, 0.3) is 30.9 Å². The molecule has 0 unspecified atom stereocenters. The molecule has 204 valence electrons. The summed E-state index contributed by atoms with van der Waals surface area (Å²) in [6, 6.07) is 28.7. The Kier molecular flexibility index (Phi) is 7.32. The number of nitrogens with zero attached hydrogens (tertiary/aromatic N) is 2. The van der Waals surface area contributed by atoms with Gasteiger partial charge in [-0.1, -0.05) is 48.5 Å². The molecule has 2 amide bonds. The molecule has 0 atom stereocenters. The molecule has 0 fully saturated rings. The number of aromatic nitrogens is 2. The number of Topliss-reactive ketones (excluding diaryl/α,β-unsaturated/α-hetero) is 1. The highest BCUT2D eigenvalue weighted by Gasteiger charge is 2.18. The number of imidazole rings is 1. The molecular formula is C31H25N5O3S2. The fourth-order valence-electron chi connectivity index (χ4n) is 4.55. The van der Waals surface area contributed by atoms with Gasteiger partial charge in [0, 0.05) is 38.7 Å². The fourth-order valence-corrected chi connectivity index (χ4v) is 6.60. The van der Waals surface area contributed by atoms with E-state index in [1.165, 1.54) is 21.4 Å². The number of carbonyl (C=O) groups is 3. The van der Waals surface area contributed by atoms with Crippen LogP contribution in [0.4, 0.5) is 11.6 Å². The van der Waals surface area contributed by atoms with Crippen LogP contribution in [0.15, 0.2) is 91.0 Å². The number of amides is 2. The van der Waals surface area contributed by atoms with Crippen LogP contribution in [-0.4, -0.2) is 33.7 Å². The van der Waals surface area contributed by atoms with Crippen LogP contribution in [0.5, 0.6) is 0 Å². The number of nitrogens with two attached hydrogens (primary N) is 1. The maximum Gasteiger partial charge on any atom is 0.268 e. The zero-order chi connectivity index (χ0) is 28.3. The number of carbonyl (C=O) groups excluding carboxylic acids is 3. The molecule has 3 aromatic carbocycles. The Labute approximate surface area is 243 Å². The van der Waals surface area contributed by atoms with Crippen molar-refractivity contribution in [1.29, 1.82) is 0 Å². The number of aryl methyl sites for hydroxylation is 1. The van der Waals surface area contributed by atoms with E-state index in [0.717, 1.165) is 15.3 Å². The van der Waals surface area contributed by atoms with Crippen LogP contribution >= 0.6 is 22.7 Å². The lowest BCUT2D eigenvalue weighted by atomic mass is 10.1. The minimum Gasteiger partial charge on any atom is -0.378 e. The van der Waals surface area contributed by atoms with Crippen LogP contribution in [0.3, 0.4) is 0 Å². The predicted molar refractivity (Wildman–Crippen MR) is 166 cm³/mol. The molecule has 0 radical (unpaired) electrons. The molecule has 0 aliphatic carbocycles. The van der Waals surface area contributed by atoms with Gasteiger partial charge in [0.2, 0.25) is 11.9 Å². The highest BCUT2D eigenvalue weighted by Crippen LogP contribution is 2.37. The third-order valence-electron chi connectivity index (χ3n) is 6.60. The molecule has 3 aromatic heterocycles. The van der Waals surface area contributed by atoms with E-state index >= 15 is 0 Å². The monoisotopic (exact) mass is 579 g/mol. The number of fused-ring (bicyclic) bond motifs is 2. The van der Waals surface area contributed by atoms with Gasteiger partial charge in [0.05, 0.1) is 22.5 Å². The lowest BCUT2D eigenvalue weighted by Gasteiger charge is -2.09. The van der Waals surface area contributed by atoms with Crippen molar-refractivity contribution in [3.63, 3.8) is 0 Å². The van der Waals surface area contributed by atoms with Crippen LogP contribution in [0, 0.1) is 0 Å². The third-order valence-corrected chi connectivity index (χ3v) is 9.00. The topological polar surface area (TPSA) is 119 Å². The van der Waals surface area contributed by atoms with E-state index in [1.54, 1.807) is 28.0 Å². The van der Waals surface area contributed by atoms with Gasteiger partial charge in [-0.25, -0.2) is 4.98 Å². The van der Waals surface area contributed by atoms with Gasteiger partial charge in [-0.3, -0.25) is 19.7 Å². The summed E-state index contributed by atoms with van der Waals surface area (Å²) >= 11 is 3.11. The van der Waals surface area contributed by atoms with Crippen LogP contribution in [0.2, 0.25) is 0 Å². The van der Waals surface area contributed by atoms with E-state index in [4.69, 9.17) is 5.73 Å². The number of nitrogens with one attached hydrogen (secondary N) is 2. The standard InChI is InChI=1S/C31H25N5O3S2/c32-29(38)14-15-36-23-11-10-21(33-18-24(37)19-6-2-1-3-7-19)17-22(23)34-31(36)35-30(39)27-13-12-26(41-27)28-16-20-8-4-5-9-25(20)40-28/h1-13,16-17,33H,14-15,18H2,(H2,32,38)(H,34,35,39). The van der Waals surface area contributed by atoms with Gasteiger partial charge in [0.25, 0.3) is 5.91 Å². The second kappa shape index (κ2) is 11.4. The van der Waals surface area contributed by atoms with Crippen molar-refractivity contribution in [2.24, 2.45) is 5.73 Å². The van der Waals surface area contributed by atoms with Gasteiger partial charge in [-0.15, -0.1) is 22.7 Å². The normalized spacial score (nSPS) is 11.1. The second-order valence-corrected chi connectivity index (χ2v) is 11.6. The lowest BCUT2D eigenvalue weighted by molar-refractivity contribution is -0.118. The van der Waals surface area contributed by atoms with Crippen molar-refractivity contribution in [1.82, 2.24) is 9.55 Å². The SMILES string of the molecule is NC(=O)CCn1c(NC(=O)c2ccc(-c3cc4ccccc4s3)s2)nc2cc(NCC(=O)c3ccccc3)ccc21. The fraction of sp³-hybridized carbons (Fsp3) is 0.0968. The Hall–Kier alpha value is -4.80. The van der Waals surface area contributed by atoms with Gasteiger partial charge < -0.3 is 15.6 Å². The average Bonchev–Trinajstić information content (AvgIpc) is 3.72. The first-order valence-electron chi connectivity index (χ1n) is 13.0. The van der Waals surface area contributed by atoms with Gasteiger partial charge in [-0.2, -0.15) is 0 Å². The molecule has 0 saturated carbocycles. The summed E-state index contributed by atoms with van der Waals surface area (Å²) in [7, 11) is 0. The molecule has 41 heavy (non-hydrogen) atoms. The Balaban J connectivity index is 1.23. The Morgan fingerprint density at radius 2 is 1.66 bits per heavy atom. The summed E-state index contributed by atoms with van der Waals surface area (Å²) in [5.74, 6) is -0.449. The van der Waals surface area contributed by atoms with E-state index in [2.05, 4.69) is 33.8 Å². The molecule has 0 saturated heterocycles. The number of anilines is 2. The van der Waals surface area contributed by atoms with Crippen molar-refractivity contribution in [2.75, 3.05) is 17.2 Å². The van der Waals surface area contributed by atoms with E-state index in [9.17, 15) is 14.4 Å². The summed E-state index contributed by atoms with van der Waals surface area (Å²) < 4.78 is 2.97. The number of rotatable bonds is 10. The molecule has 4 N–H and O–H groups in total. The average molecular weight is 580 g/mol.